The standard InChI is InChI=1S/C19H25N3O2/c1-12(2)22-18(23)11-17(21-19(22)24)20-13(3)15-9-8-14-6-4-5-7-16(14)10-15/h8-13,20H,4-7H2,1-3H3,(H,21,24)/t13-/m0/s1. The largest absolute Gasteiger partial charge is 0.365 e. The minimum atomic E-state index is -0.377. The number of fused-ring (bicyclic) bond motifs is 1. The molecule has 1 heterocycles. The molecule has 0 saturated heterocycles. The maximum Gasteiger partial charge on any atom is 0.330 e. The van der Waals surface area contributed by atoms with E-state index in [2.05, 4.69) is 28.5 Å². The molecule has 0 radical (unpaired) electrons. The number of nitrogens with one attached hydrogen (secondary N) is 2. The summed E-state index contributed by atoms with van der Waals surface area (Å²) >= 11 is 0. The van der Waals surface area contributed by atoms with Crippen molar-refractivity contribution in [3.05, 3.63) is 61.8 Å². The Bertz CT molecular complexity index is 817. The first-order valence-electron chi connectivity index (χ1n) is 8.70. The molecule has 0 saturated carbocycles. The van der Waals surface area contributed by atoms with Crippen LogP contribution in [0.3, 0.4) is 0 Å². The molecule has 1 aromatic heterocycles. The molecule has 0 spiro atoms. The molecule has 2 aromatic rings. The number of benzene rings is 1. The van der Waals surface area contributed by atoms with Gasteiger partial charge in [-0.25, -0.2) is 4.79 Å². The number of aryl methyl sites for hydroxylation is 2. The van der Waals surface area contributed by atoms with Crippen LogP contribution in [-0.4, -0.2) is 9.55 Å². The third kappa shape index (κ3) is 3.30. The number of anilines is 1. The Morgan fingerprint density at radius 1 is 1.04 bits per heavy atom. The number of H-pyrrole nitrogens is 1. The van der Waals surface area contributed by atoms with Crippen molar-refractivity contribution in [3.8, 4) is 0 Å². The molecular formula is C19H25N3O2. The number of hydrogen-bond donors (Lipinski definition) is 2. The van der Waals surface area contributed by atoms with E-state index in [0.29, 0.717) is 5.82 Å². The smallest absolute Gasteiger partial charge is 0.330 e. The van der Waals surface area contributed by atoms with Gasteiger partial charge in [0.2, 0.25) is 0 Å². The van der Waals surface area contributed by atoms with Gasteiger partial charge in [0.05, 0.1) is 0 Å². The van der Waals surface area contributed by atoms with Gasteiger partial charge in [0.25, 0.3) is 5.56 Å². The van der Waals surface area contributed by atoms with Gasteiger partial charge in [0.15, 0.2) is 0 Å². The van der Waals surface area contributed by atoms with Gasteiger partial charge >= 0.3 is 5.69 Å². The molecule has 0 amide bonds. The van der Waals surface area contributed by atoms with Crippen LogP contribution in [-0.2, 0) is 12.8 Å². The molecule has 24 heavy (non-hydrogen) atoms. The molecule has 128 valence electrons. The van der Waals surface area contributed by atoms with E-state index in [4.69, 9.17) is 0 Å². The molecule has 0 aliphatic heterocycles. The van der Waals surface area contributed by atoms with Crippen LogP contribution >= 0.6 is 0 Å². The molecule has 0 fully saturated rings. The maximum atomic E-state index is 12.1. The van der Waals surface area contributed by atoms with Crippen molar-refractivity contribution in [2.45, 2.75) is 58.5 Å². The van der Waals surface area contributed by atoms with Gasteiger partial charge in [-0.05, 0) is 63.1 Å². The van der Waals surface area contributed by atoms with Crippen LogP contribution in [0.25, 0.3) is 0 Å². The highest BCUT2D eigenvalue weighted by Gasteiger charge is 2.14. The summed E-state index contributed by atoms with van der Waals surface area (Å²) in [5.41, 5.74) is 3.39. The number of aromatic amines is 1. The number of nitrogens with zero attached hydrogens (tertiary/aromatic N) is 1. The first-order valence-corrected chi connectivity index (χ1v) is 8.70. The highest BCUT2D eigenvalue weighted by Crippen LogP contribution is 2.25. The summed E-state index contributed by atoms with van der Waals surface area (Å²) in [7, 11) is 0. The summed E-state index contributed by atoms with van der Waals surface area (Å²) in [5, 5.41) is 3.24. The Balaban J connectivity index is 1.84. The monoisotopic (exact) mass is 327 g/mol. The molecule has 1 aromatic carbocycles. The van der Waals surface area contributed by atoms with Crippen LogP contribution in [0.1, 0.15) is 62.4 Å². The summed E-state index contributed by atoms with van der Waals surface area (Å²) < 4.78 is 1.22. The molecular weight excluding hydrogens is 302 g/mol. The van der Waals surface area contributed by atoms with Gasteiger partial charge in [0, 0.05) is 18.2 Å². The average molecular weight is 327 g/mol. The average Bonchev–Trinajstić information content (AvgIpc) is 2.53. The minimum Gasteiger partial charge on any atom is -0.365 e. The van der Waals surface area contributed by atoms with Gasteiger partial charge in [-0.15, -0.1) is 0 Å². The summed E-state index contributed by atoms with van der Waals surface area (Å²) in [6.07, 6.45) is 4.82. The second-order valence-electron chi connectivity index (χ2n) is 6.89. The van der Waals surface area contributed by atoms with E-state index in [1.54, 1.807) is 0 Å². The Morgan fingerprint density at radius 3 is 2.42 bits per heavy atom. The van der Waals surface area contributed by atoms with Crippen molar-refractivity contribution in [1.82, 2.24) is 9.55 Å². The molecule has 5 nitrogen and oxygen atoms in total. The summed E-state index contributed by atoms with van der Waals surface area (Å²) in [6.45, 7) is 5.68. The zero-order valence-electron chi connectivity index (χ0n) is 14.6. The normalized spacial score (nSPS) is 15.2. The van der Waals surface area contributed by atoms with Gasteiger partial charge in [-0.1, -0.05) is 18.2 Å². The van der Waals surface area contributed by atoms with Crippen LogP contribution in [0.2, 0.25) is 0 Å². The zero-order chi connectivity index (χ0) is 17.3. The quantitative estimate of drug-likeness (QED) is 0.906. The second-order valence-corrected chi connectivity index (χ2v) is 6.89. The number of aromatic nitrogens is 2. The van der Waals surface area contributed by atoms with Gasteiger partial charge in [0.1, 0.15) is 5.82 Å². The van der Waals surface area contributed by atoms with Gasteiger partial charge in [-0.2, -0.15) is 0 Å². The molecule has 1 aliphatic carbocycles. The van der Waals surface area contributed by atoms with Crippen LogP contribution in [0.4, 0.5) is 5.82 Å². The molecule has 2 N–H and O–H groups in total. The van der Waals surface area contributed by atoms with E-state index in [9.17, 15) is 9.59 Å². The van der Waals surface area contributed by atoms with Crippen LogP contribution < -0.4 is 16.6 Å². The van der Waals surface area contributed by atoms with Gasteiger partial charge in [-0.3, -0.25) is 14.3 Å². The van der Waals surface area contributed by atoms with Crippen LogP contribution in [0.15, 0.2) is 33.9 Å². The van der Waals surface area contributed by atoms with Crippen LogP contribution in [0.5, 0.6) is 0 Å². The summed E-state index contributed by atoms with van der Waals surface area (Å²) in [4.78, 5) is 27.0. The zero-order valence-corrected chi connectivity index (χ0v) is 14.6. The van der Waals surface area contributed by atoms with Crippen molar-refractivity contribution in [2.75, 3.05) is 5.32 Å². The van der Waals surface area contributed by atoms with Crippen molar-refractivity contribution in [1.29, 1.82) is 0 Å². The fourth-order valence-corrected chi connectivity index (χ4v) is 3.41. The van der Waals surface area contributed by atoms with E-state index in [0.717, 1.165) is 12.8 Å². The Morgan fingerprint density at radius 2 is 1.75 bits per heavy atom. The van der Waals surface area contributed by atoms with E-state index in [1.165, 1.54) is 40.2 Å². The van der Waals surface area contributed by atoms with E-state index in [1.807, 2.05) is 20.8 Å². The molecule has 5 heteroatoms. The second kappa shape index (κ2) is 6.67. The molecule has 1 atom stereocenters. The van der Waals surface area contributed by atoms with Gasteiger partial charge < -0.3 is 5.32 Å². The van der Waals surface area contributed by atoms with Crippen molar-refractivity contribution >= 4 is 5.82 Å². The van der Waals surface area contributed by atoms with Crippen molar-refractivity contribution in [3.63, 3.8) is 0 Å². The summed E-state index contributed by atoms with van der Waals surface area (Å²) in [6, 6.07) is 7.91. The Kier molecular flexibility index (Phi) is 4.60. The van der Waals surface area contributed by atoms with E-state index in [-0.39, 0.29) is 23.3 Å². The Labute approximate surface area is 141 Å². The third-order valence-corrected chi connectivity index (χ3v) is 4.73. The van der Waals surface area contributed by atoms with Crippen LogP contribution in [0, 0.1) is 0 Å². The molecule has 3 rings (SSSR count). The molecule has 0 bridgehead atoms. The Hall–Kier alpha value is -2.30. The summed E-state index contributed by atoms with van der Waals surface area (Å²) in [5.74, 6) is 0.465. The lowest BCUT2D eigenvalue weighted by Crippen LogP contribution is -2.36. The molecule has 0 unspecified atom stereocenters. The highest BCUT2D eigenvalue weighted by molar-refractivity contribution is 5.40. The first kappa shape index (κ1) is 16.6. The maximum absolute atomic E-state index is 12.1. The lowest BCUT2D eigenvalue weighted by Gasteiger charge is -2.20. The van der Waals surface area contributed by atoms with Crippen molar-refractivity contribution in [2.24, 2.45) is 0 Å². The number of rotatable bonds is 4. The minimum absolute atomic E-state index is 0.0159. The van der Waals surface area contributed by atoms with Crippen molar-refractivity contribution < 1.29 is 0 Å². The fraction of sp³-hybridized carbons (Fsp3) is 0.474. The lowest BCUT2D eigenvalue weighted by molar-refractivity contribution is 0.546. The first-order chi connectivity index (χ1) is 11.5. The lowest BCUT2D eigenvalue weighted by atomic mass is 9.89. The third-order valence-electron chi connectivity index (χ3n) is 4.73. The topological polar surface area (TPSA) is 66.9 Å². The van der Waals surface area contributed by atoms with E-state index < -0.39 is 0 Å². The SMILES string of the molecule is CC(C)n1c(=O)cc(N[C@@H](C)c2ccc3c(c2)CCCC3)[nH]c1=O. The predicted molar refractivity (Wildman–Crippen MR) is 96.8 cm³/mol. The highest BCUT2D eigenvalue weighted by atomic mass is 16.2. The fourth-order valence-electron chi connectivity index (χ4n) is 3.41. The van der Waals surface area contributed by atoms with E-state index >= 15 is 0 Å². The molecule has 1 aliphatic rings. The number of hydrogen-bond acceptors (Lipinski definition) is 3. The predicted octanol–water partition coefficient (Wildman–Crippen LogP) is 3.17.